The lowest BCUT2D eigenvalue weighted by Gasteiger charge is -2.15. The molecule has 1 atom stereocenters. The van der Waals surface area contributed by atoms with Gasteiger partial charge in [0, 0.05) is 25.4 Å². The Labute approximate surface area is 153 Å². The summed E-state index contributed by atoms with van der Waals surface area (Å²) in [4.78, 5) is 31.0. The molecule has 0 fully saturated rings. The maximum atomic E-state index is 12.3. The van der Waals surface area contributed by atoms with E-state index in [0.29, 0.717) is 11.4 Å². The molecule has 2 rings (SSSR count). The first-order valence-electron chi connectivity index (χ1n) is 7.84. The van der Waals surface area contributed by atoms with E-state index in [1.54, 1.807) is 19.1 Å². The van der Waals surface area contributed by atoms with Crippen LogP contribution < -0.4 is 15.4 Å². The largest absolute Gasteiger partial charge is 0.468 e. The lowest BCUT2D eigenvalue weighted by molar-refractivity contribution is -0.154. The van der Waals surface area contributed by atoms with Crippen LogP contribution in [0.3, 0.4) is 0 Å². The van der Waals surface area contributed by atoms with Crippen LogP contribution in [0.4, 0.5) is 19.0 Å². The first kappa shape index (κ1) is 20.1. The van der Waals surface area contributed by atoms with Crippen molar-refractivity contribution in [3.8, 4) is 5.88 Å². The van der Waals surface area contributed by atoms with E-state index in [-0.39, 0.29) is 17.4 Å². The first-order valence-corrected chi connectivity index (χ1v) is 7.84. The Hall–Kier alpha value is -3.17. The van der Waals surface area contributed by atoms with Gasteiger partial charge in [-0.3, -0.25) is 9.59 Å². The number of rotatable bonds is 6. The van der Waals surface area contributed by atoms with Gasteiger partial charge in [-0.05, 0) is 30.7 Å². The maximum Gasteiger partial charge on any atom is 0.422 e. The van der Waals surface area contributed by atoms with Crippen molar-refractivity contribution >= 4 is 17.6 Å². The van der Waals surface area contributed by atoms with Gasteiger partial charge in [0.25, 0.3) is 5.91 Å². The molecule has 0 saturated carbocycles. The van der Waals surface area contributed by atoms with E-state index >= 15 is 0 Å². The zero-order chi connectivity index (χ0) is 20.0. The van der Waals surface area contributed by atoms with Crippen molar-refractivity contribution in [1.29, 1.82) is 0 Å². The number of ether oxygens (including phenoxy) is 1. The van der Waals surface area contributed by atoms with Gasteiger partial charge in [0.2, 0.25) is 11.8 Å². The van der Waals surface area contributed by atoms with Crippen LogP contribution in [0.1, 0.15) is 35.8 Å². The summed E-state index contributed by atoms with van der Waals surface area (Å²) in [7, 11) is 0. The van der Waals surface area contributed by atoms with Gasteiger partial charge < -0.3 is 15.4 Å². The highest BCUT2D eigenvalue weighted by Gasteiger charge is 2.28. The van der Waals surface area contributed by atoms with Crippen LogP contribution in [0.5, 0.6) is 5.88 Å². The zero-order valence-electron chi connectivity index (χ0n) is 14.5. The molecule has 2 aromatic heterocycles. The third kappa shape index (κ3) is 6.57. The van der Waals surface area contributed by atoms with Gasteiger partial charge in [-0.2, -0.15) is 13.2 Å². The van der Waals surface area contributed by atoms with E-state index in [9.17, 15) is 22.8 Å². The third-order valence-corrected chi connectivity index (χ3v) is 3.32. The van der Waals surface area contributed by atoms with Crippen molar-refractivity contribution in [2.45, 2.75) is 26.1 Å². The minimum Gasteiger partial charge on any atom is -0.468 e. The lowest BCUT2D eigenvalue weighted by atomic mass is 10.1. The highest BCUT2D eigenvalue weighted by molar-refractivity contribution is 5.94. The number of hydrogen-bond acceptors (Lipinski definition) is 5. The van der Waals surface area contributed by atoms with E-state index in [4.69, 9.17) is 0 Å². The molecule has 7 nitrogen and oxygen atoms in total. The predicted molar refractivity (Wildman–Crippen MR) is 90.2 cm³/mol. The van der Waals surface area contributed by atoms with E-state index < -0.39 is 24.7 Å². The molecule has 0 saturated heterocycles. The van der Waals surface area contributed by atoms with Crippen LogP contribution in [0.2, 0.25) is 0 Å². The number of anilines is 1. The summed E-state index contributed by atoms with van der Waals surface area (Å²) in [5.74, 6) is -0.606. The standard InChI is InChI=1S/C17H17F3N4O3/c1-10(12-5-6-21-14(7-12)24-11(2)25)23-16(26)13-3-4-15(22-8-13)27-9-17(18,19)20/h3-8,10H,9H2,1-2H3,(H,23,26)(H,21,24,25). The predicted octanol–water partition coefficient (Wildman–Crippen LogP) is 2.87. The van der Waals surface area contributed by atoms with E-state index in [1.165, 1.54) is 25.3 Å². The second-order valence-corrected chi connectivity index (χ2v) is 5.64. The maximum absolute atomic E-state index is 12.3. The Balaban J connectivity index is 1.99. The van der Waals surface area contributed by atoms with Gasteiger partial charge in [-0.25, -0.2) is 9.97 Å². The average molecular weight is 382 g/mol. The highest BCUT2D eigenvalue weighted by atomic mass is 19.4. The topological polar surface area (TPSA) is 93.2 Å². The number of carbonyl (C=O) groups is 2. The van der Waals surface area contributed by atoms with Crippen molar-refractivity contribution in [2.24, 2.45) is 0 Å². The van der Waals surface area contributed by atoms with Gasteiger partial charge in [-0.1, -0.05) is 0 Å². The van der Waals surface area contributed by atoms with Gasteiger partial charge in [0.1, 0.15) is 5.82 Å². The second kappa shape index (κ2) is 8.47. The molecule has 10 heteroatoms. The number of aromatic nitrogens is 2. The molecule has 2 N–H and O–H groups in total. The fraction of sp³-hybridized carbons (Fsp3) is 0.294. The van der Waals surface area contributed by atoms with E-state index in [2.05, 4.69) is 25.3 Å². The van der Waals surface area contributed by atoms with E-state index in [0.717, 1.165) is 6.20 Å². The molecule has 0 bridgehead atoms. The number of amides is 2. The number of nitrogens with one attached hydrogen (secondary N) is 2. The van der Waals surface area contributed by atoms with Crippen LogP contribution >= 0.6 is 0 Å². The molecule has 0 aliphatic carbocycles. The Morgan fingerprint density at radius 3 is 2.56 bits per heavy atom. The first-order chi connectivity index (χ1) is 12.6. The van der Waals surface area contributed by atoms with Crippen molar-refractivity contribution in [3.05, 3.63) is 47.8 Å². The van der Waals surface area contributed by atoms with Crippen molar-refractivity contribution in [1.82, 2.24) is 15.3 Å². The third-order valence-electron chi connectivity index (χ3n) is 3.32. The Morgan fingerprint density at radius 2 is 1.96 bits per heavy atom. The van der Waals surface area contributed by atoms with Crippen LogP contribution in [0.15, 0.2) is 36.7 Å². The number of hydrogen-bond donors (Lipinski definition) is 2. The highest BCUT2D eigenvalue weighted by Crippen LogP contribution is 2.18. The minimum absolute atomic E-state index is 0.164. The summed E-state index contributed by atoms with van der Waals surface area (Å²) in [6.45, 7) is 1.63. The second-order valence-electron chi connectivity index (χ2n) is 5.64. The molecule has 144 valence electrons. The Bertz CT molecular complexity index is 810. The van der Waals surface area contributed by atoms with Crippen LogP contribution in [-0.4, -0.2) is 34.6 Å². The van der Waals surface area contributed by atoms with Crippen molar-refractivity contribution in [3.63, 3.8) is 0 Å². The summed E-state index contributed by atoms with van der Waals surface area (Å²) in [6, 6.07) is 5.40. The summed E-state index contributed by atoms with van der Waals surface area (Å²) in [5.41, 5.74) is 0.873. The molecule has 1 unspecified atom stereocenters. The average Bonchev–Trinajstić information content (AvgIpc) is 2.59. The molecule has 2 aromatic rings. The van der Waals surface area contributed by atoms with Gasteiger partial charge >= 0.3 is 6.18 Å². The minimum atomic E-state index is -4.46. The van der Waals surface area contributed by atoms with Crippen LogP contribution in [0, 0.1) is 0 Å². The molecule has 2 amide bonds. The summed E-state index contributed by atoms with van der Waals surface area (Å²) >= 11 is 0. The quantitative estimate of drug-likeness (QED) is 0.801. The van der Waals surface area contributed by atoms with Gasteiger partial charge in [-0.15, -0.1) is 0 Å². The molecule has 0 aliphatic heterocycles. The number of pyridine rings is 2. The lowest BCUT2D eigenvalue weighted by Crippen LogP contribution is -2.27. The summed E-state index contributed by atoms with van der Waals surface area (Å²) in [6.07, 6.45) is -1.84. The number of nitrogens with zero attached hydrogens (tertiary/aromatic N) is 2. The molecule has 2 heterocycles. The summed E-state index contributed by atoms with van der Waals surface area (Å²) in [5, 5.41) is 5.28. The normalized spacial score (nSPS) is 12.2. The van der Waals surface area contributed by atoms with Crippen LogP contribution in [-0.2, 0) is 4.79 Å². The van der Waals surface area contributed by atoms with E-state index in [1.807, 2.05) is 0 Å². The Kier molecular flexibility index (Phi) is 6.32. The van der Waals surface area contributed by atoms with Crippen molar-refractivity contribution in [2.75, 3.05) is 11.9 Å². The van der Waals surface area contributed by atoms with Gasteiger partial charge in [0.05, 0.1) is 11.6 Å². The monoisotopic (exact) mass is 382 g/mol. The number of alkyl halides is 3. The molecule has 0 aliphatic rings. The molecular formula is C17H17F3N4O3. The molecule has 27 heavy (non-hydrogen) atoms. The zero-order valence-corrected chi connectivity index (χ0v) is 14.5. The molecular weight excluding hydrogens is 365 g/mol. The SMILES string of the molecule is CC(=O)Nc1cc(C(C)NC(=O)c2ccc(OCC(F)(F)F)nc2)ccn1. The number of carbonyl (C=O) groups excluding carboxylic acids is 2. The van der Waals surface area contributed by atoms with Crippen molar-refractivity contribution < 1.29 is 27.5 Å². The smallest absolute Gasteiger partial charge is 0.422 e. The summed E-state index contributed by atoms with van der Waals surface area (Å²) < 4.78 is 40.8. The Morgan fingerprint density at radius 1 is 1.22 bits per heavy atom. The van der Waals surface area contributed by atoms with Crippen LogP contribution in [0.25, 0.3) is 0 Å². The molecule has 0 aromatic carbocycles. The van der Waals surface area contributed by atoms with Gasteiger partial charge in [0.15, 0.2) is 6.61 Å². The number of halogens is 3. The fourth-order valence-corrected chi connectivity index (χ4v) is 2.08. The molecule has 0 radical (unpaired) electrons. The molecule has 0 spiro atoms. The fourth-order valence-electron chi connectivity index (χ4n) is 2.08.